The van der Waals surface area contributed by atoms with Crippen molar-refractivity contribution in [1.82, 2.24) is 19.8 Å². The smallest absolute Gasteiger partial charge is 0.369 e. The second-order valence-corrected chi connectivity index (χ2v) is 6.69. The van der Waals surface area contributed by atoms with E-state index in [9.17, 15) is 13.2 Å². The third kappa shape index (κ3) is 4.82. The molecular weight excluding hydrogens is 343 g/mol. The standard InChI is InChI=1S/C18H24F3N5/c1-25-10-12-26(13-11-25)9-5-4-8-22-16-14-6-2-3-7-15(14)23-17(24-16)18(19,20)21/h2-3,6-7H,4-5,8-13H2,1H3,(H,22,23,24). The third-order valence-corrected chi connectivity index (χ3v) is 4.65. The zero-order valence-corrected chi connectivity index (χ0v) is 14.9. The molecule has 3 rings (SSSR count). The number of piperazine rings is 1. The molecule has 0 spiro atoms. The molecule has 0 radical (unpaired) electrons. The summed E-state index contributed by atoms with van der Waals surface area (Å²) in [6, 6.07) is 6.76. The van der Waals surface area contributed by atoms with Crippen molar-refractivity contribution < 1.29 is 13.2 Å². The lowest BCUT2D eigenvalue weighted by Crippen LogP contribution is -2.44. The number of halogens is 3. The molecule has 0 bridgehead atoms. The van der Waals surface area contributed by atoms with E-state index in [-0.39, 0.29) is 5.82 Å². The number of para-hydroxylation sites is 1. The van der Waals surface area contributed by atoms with Gasteiger partial charge in [-0.2, -0.15) is 13.2 Å². The highest BCUT2D eigenvalue weighted by Crippen LogP contribution is 2.30. The molecule has 1 aromatic carbocycles. The van der Waals surface area contributed by atoms with E-state index in [1.54, 1.807) is 24.3 Å². The first-order valence-electron chi connectivity index (χ1n) is 8.92. The summed E-state index contributed by atoms with van der Waals surface area (Å²) >= 11 is 0. The van der Waals surface area contributed by atoms with Crippen molar-refractivity contribution >= 4 is 16.7 Å². The van der Waals surface area contributed by atoms with E-state index in [4.69, 9.17) is 0 Å². The Bertz CT molecular complexity index is 726. The first-order valence-corrected chi connectivity index (χ1v) is 8.92. The predicted molar refractivity (Wildman–Crippen MR) is 96.2 cm³/mol. The SMILES string of the molecule is CN1CCN(CCCCNc2nc(C(F)(F)F)nc3ccccc23)CC1. The summed E-state index contributed by atoms with van der Waals surface area (Å²) in [4.78, 5) is 12.1. The van der Waals surface area contributed by atoms with E-state index in [1.807, 2.05) is 0 Å². The van der Waals surface area contributed by atoms with Gasteiger partial charge in [-0.15, -0.1) is 0 Å². The third-order valence-electron chi connectivity index (χ3n) is 4.65. The molecule has 2 heterocycles. The van der Waals surface area contributed by atoms with Gasteiger partial charge in [0.25, 0.3) is 0 Å². The molecule has 0 amide bonds. The van der Waals surface area contributed by atoms with Crippen molar-refractivity contribution in [3.63, 3.8) is 0 Å². The summed E-state index contributed by atoms with van der Waals surface area (Å²) in [5, 5.41) is 3.68. The number of hydrogen-bond acceptors (Lipinski definition) is 5. The molecule has 1 aliphatic rings. The Morgan fingerprint density at radius 1 is 1.04 bits per heavy atom. The van der Waals surface area contributed by atoms with Crippen LogP contribution < -0.4 is 5.32 Å². The van der Waals surface area contributed by atoms with Crippen molar-refractivity contribution in [2.45, 2.75) is 19.0 Å². The van der Waals surface area contributed by atoms with Gasteiger partial charge in [0.2, 0.25) is 5.82 Å². The molecule has 142 valence electrons. The first-order chi connectivity index (χ1) is 12.4. The van der Waals surface area contributed by atoms with Gasteiger partial charge in [-0.25, -0.2) is 9.97 Å². The maximum Gasteiger partial charge on any atom is 0.451 e. The number of alkyl halides is 3. The lowest BCUT2D eigenvalue weighted by Gasteiger charge is -2.32. The summed E-state index contributed by atoms with van der Waals surface area (Å²) in [5.74, 6) is -0.848. The summed E-state index contributed by atoms with van der Waals surface area (Å²) < 4.78 is 39.0. The van der Waals surface area contributed by atoms with Gasteiger partial charge in [-0.3, -0.25) is 0 Å². The molecule has 0 unspecified atom stereocenters. The maximum atomic E-state index is 13.0. The Morgan fingerprint density at radius 2 is 1.77 bits per heavy atom. The van der Waals surface area contributed by atoms with Gasteiger partial charge in [0, 0.05) is 38.1 Å². The second kappa shape index (κ2) is 8.18. The zero-order valence-electron chi connectivity index (χ0n) is 14.9. The summed E-state index contributed by atoms with van der Waals surface area (Å²) in [6.07, 6.45) is -2.67. The molecule has 0 saturated carbocycles. The molecule has 26 heavy (non-hydrogen) atoms. The molecular formula is C18H24F3N5. The van der Waals surface area contributed by atoms with Gasteiger partial charge >= 0.3 is 6.18 Å². The number of benzene rings is 1. The van der Waals surface area contributed by atoms with Gasteiger partial charge in [0.1, 0.15) is 5.82 Å². The number of rotatable bonds is 6. The van der Waals surface area contributed by atoms with E-state index in [1.165, 1.54) is 0 Å². The highest BCUT2D eigenvalue weighted by Gasteiger charge is 2.35. The van der Waals surface area contributed by atoms with Crippen LogP contribution in [0.25, 0.3) is 10.9 Å². The number of likely N-dealkylation sites (N-methyl/N-ethyl adjacent to an activating group) is 1. The Balaban J connectivity index is 1.56. The first kappa shape index (κ1) is 18.8. The fourth-order valence-corrected chi connectivity index (χ4v) is 3.08. The van der Waals surface area contributed by atoms with Crippen molar-refractivity contribution in [2.24, 2.45) is 0 Å². The molecule has 1 aliphatic heterocycles. The molecule has 1 aromatic heterocycles. The monoisotopic (exact) mass is 367 g/mol. The van der Waals surface area contributed by atoms with Gasteiger partial charge in [-0.1, -0.05) is 12.1 Å². The lowest BCUT2D eigenvalue weighted by atomic mass is 10.2. The number of hydrogen-bond donors (Lipinski definition) is 1. The number of aromatic nitrogens is 2. The zero-order chi connectivity index (χ0) is 18.6. The molecule has 5 nitrogen and oxygen atoms in total. The summed E-state index contributed by atoms with van der Waals surface area (Å²) in [7, 11) is 2.13. The number of fused-ring (bicyclic) bond motifs is 1. The van der Waals surface area contributed by atoms with E-state index < -0.39 is 12.0 Å². The average molecular weight is 367 g/mol. The van der Waals surface area contributed by atoms with Crippen LogP contribution in [-0.4, -0.2) is 66.1 Å². The normalized spacial score (nSPS) is 16.9. The minimum Gasteiger partial charge on any atom is -0.369 e. The molecule has 1 fully saturated rings. The molecule has 8 heteroatoms. The van der Waals surface area contributed by atoms with Crippen molar-refractivity contribution in [3.8, 4) is 0 Å². The molecule has 0 atom stereocenters. The van der Waals surface area contributed by atoms with Gasteiger partial charge in [0.15, 0.2) is 0 Å². The minimum atomic E-state index is -4.55. The fraction of sp³-hybridized carbons (Fsp3) is 0.556. The van der Waals surface area contributed by atoms with Crippen LogP contribution in [-0.2, 0) is 6.18 Å². The van der Waals surface area contributed by atoms with Crippen molar-refractivity contribution in [2.75, 3.05) is 51.6 Å². The summed E-state index contributed by atoms with van der Waals surface area (Å²) in [5.41, 5.74) is 0.301. The second-order valence-electron chi connectivity index (χ2n) is 6.69. The van der Waals surface area contributed by atoms with Crippen molar-refractivity contribution in [3.05, 3.63) is 30.1 Å². The van der Waals surface area contributed by atoms with E-state index in [2.05, 4.69) is 32.1 Å². The van der Waals surface area contributed by atoms with Crippen LogP contribution in [0.3, 0.4) is 0 Å². The quantitative estimate of drug-likeness (QED) is 0.795. The molecule has 2 aromatic rings. The molecule has 0 aliphatic carbocycles. The minimum absolute atomic E-state index is 0.252. The Morgan fingerprint density at radius 3 is 2.50 bits per heavy atom. The predicted octanol–water partition coefficient (Wildman–Crippen LogP) is 3.09. The Kier molecular flexibility index (Phi) is 5.93. The van der Waals surface area contributed by atoms with Crippen LogP contribution in [0.15, 0.2) is 24.3 Å². The molecule has 1 saturated heterocycles. The highest BCUT2D eigenvalue weighted by atomic mass is 19.4. The van der Waals surface area contributed by atoms with Crippen LogP contribution in [0.4, 0.5) is 19.0 Å². The highest BCUT2D eigenvalue weighted by molar-refractivity contribution is 5.89. The largest absolute Gasteiger partial charge is 0.451 e. The Labute approximate surface area is 151 Å². The Hall–Kier alpha value is -1.93. The van der Waals surface area contributed by atoms with Gasteiger partial charge < -0.3 is 15.1 Å². The van der Waals surface area contributed by atoms with Gasteiger partial charge in [-0.05, 0) is 38.6 Å². The van der Waals surface area contributed by atoms with E-state index >= 15 is 0 Å². The van der Waals surface area contributed by atoms with Crippen LogP contribution in [0.5, 0.6) is 0 Å². The van der Waals surface area contributed by atoms with Crippen LogP contribution >= 0.6 is 0 Å². The van der Waals surface area contributed by atoms with Gasteiger partial charge in [0.05, 0.1) is 5.52 Å². The molecule has 1 N–H and O–H groups in total. The van der Waals surface area contributed by atoms with Crippen LogP contribution in [0, 0.1) is 0 Å². The number of nitrogens with one attached hydrogen (secondary N) is 1. The topological polar surface area (TPSA) is 44.3 Å². The maximum absolute atomic E-state index is 13.0. The summed E-state index contributed by atoms with van der Waals surface area (Å²) in [6.45, 7) is 5.95. The number of unbranched alkanes of at least 4 members (excludes halogenated alkanes) is 1. The average Bonchev–Trinajstić information content (AvgIpc) is 2.62. The number of anilines is 1. The van der Waals surface area contributed by atoms with Crippen LogP contribution in [0.2, 0.25) is 0 Å². The lowest BCUT2D eigenvalue weighted by molar-refractivity contribution is -0.144. The van der Waals surface area contributed by atoms with Crippen LogP contribution in [0.1, 0.15) is 18.7 Å². The van der Waals surface area contributed by atoms with E-state index in [0.717, 1.165) is 45.6 Å². The fourth-order valence-electron chi connectivity index (χ4n) is 3.08. The van der Waals surface area contributed by atoms with E-state index in [0.29, 0.717) is 17.4 Å². The number of nitrogens with zero attached hydrogens (tertiary/aromatic N) is 4. The van der Waals surface area contributed by atoms with Crippen molar-refractivity contribution in [1.29, 1.82) is 0 Å².